The third-order valence-electron chi connectivity index (χ3n) is 2.29. The number of carbonyl (C=O) groups excluding carboxylic acids is 1. The predicted molar refractivity (Wildman–Crippen MR) is 54.9 cm³/mol. The summed E-state index contributed by atoms with van der Waals surface area (Å²) in [7, 11) is 0. The van der Waals surface area contributed by atoms with Crippen LogP contribution in [0.1, 0.15) is 33.6 Å². The molecule has 1 amide bonds. The summed E-state index contributed by atoms with van der Waals surface area (Å²) in [6, 6.07) is 0.262. The monoisotopic (exact) mass is 200 g/mol. The van der Waals surface area contributed by atoms with Crippen LogP contribution >= 0.6 is 0 Å². The van der Waals surface area contributed by atoms with Crippen LogP contribution in [0.2, 0.25) is 0 Å². The first kappa shape index (κ1) is 11.3. The van der Waals surface area contributed by atoms with Gasteiger partial charge in [-0.05, 0) is 46.1 Å². The average molecular weight is 200 g/mol. The van der Waals surface area contributed by atoms with Gasteiger partial charge in [0.05, 0.1) is 0 Å². The molecule has 1 saturated carbocycles. The summed E-state index contributed by atoms with van der Waals surface area (Å²) in [5.41, 5.74) is 5.07. The van der Waals surface area contributed by atoms with E-state index in [0.29, 0.717) is 12.5 Å². The first-order valence-corrected chi connectivity index (χ1v) is 5.10. The van der Waals surface area contributed by atoms with Crippen LogP contribution in [0.5, 0.6) is 0 Å². The van der Waals surface area contributed by atoms with Gasteiger partial charge in [-0.2, -0.15) is 0 Å². The molecule has 0 aromatic carbocycles. The summed E-state index contributed by atoms with van der Waals surface area (Å²) in [4.78, 5) is 11.3. The second-order valence-electron chi connectivity index (χ2n) is 4.92. The summed E-state index contributed by atoms with van der Waals surface area (Å²) < 4.78 is 5.13. The van der Waals surface area contributed by atoms with E-state index in [0.717, 1.165) is 12.8 Å². The molecule has 1 aliphatic carbocycles. The maximum Gasteiger partial charge on any atom is 0.407 e. The van der Waals surface area contributed by atoms with Gasteiger partial charge in [0, 0.05) is 6.04 Å². The van der Waals surface area contributed by atoms with Crippen LogP contribution < -0.4 is 11.1 Å². The molecule has 4 heteroatoms. The average Bonchev–Trinajstić information content (AvgIpc) is 1.91. The van der Waals surface area contributed by atoms with E-state index in [-0.39, 0.29) is 12.1 Å². The Bertz CT molecular complexity index is 205. The first-order valence-electron chi connectivity index (χ1n) is 5.10. The lowest BCUT2D eigenvalue weighted by atomic mass is 9.80. The van der Waals surface area contributed by atoms with E-state index in [4.69, 9.17) is 10.5 Å². The smallest absolute Gasteiger partial charge is 0.407 e. The summed E-state index contributed by atoms with van der Waals surface area (Å²) in [6.45, 7) is 6.29. The molecular formula is C10H20N2O2. The number of ether oxygens (including phenoxy) is 1. The van der Waals surface area contributed by atoms with Gasteiger partial charge < -0.3 is 15.8 Å². The first-order chi connectivity index (χ1) is 6.40. The molecule has 0 radical (unpaired) electrons. The van der Waals surface area contributed by atoms with Gasteiger partial charge in [0.2, 0.25) is 0 Å². The number of alkyl carbamates (subject to hydrolysis) is 1. The van der Waals surface area contributed by atoms with Gasteiger partial charge in [-0.3, -0.25) is 0 Å². The normalized spacial score (nSPS) is 26.6. The standard InChI is InChI=1S/C10H20N2O2/c1-10(2,3)14-9(13)12-8-4-7(5-8)6-11/h7-8H,4-6,11H2,1-3H3,(H,12,13)/t7-,8-. The highest BCUT2D eigenvalue weighted by Crippen LogP contribution is 2.26. The van der Waals surface area contributed by atoms with Crippen LogP contribution in [-0.4, -0.2) is 24.3 Å². The molecule has 0 bridgehead atoms. The Labute approximate surface area is 85.2 Å². The highest BCUT2D eigenvalue weighted by molar-refractivity contribution is 5.68. The van der Waals surface area contributed by atoms with Crippen LogP contribution in [0, 0.1) is 5.92 Å². The molecule has 0 aliphatic heterocycles. The Morgan fingerprint density at radius 3 is 2.50 bits per heavy atom. The van der Waals surface area contributed by atoms with Crippen molar-refractivity contribution in [1.82, 2.24) is 5.32 Å². The Morgan fingerprint density at radius 2 is 2.07 bits per heavy atom. The van der Waals surface area contributed by atoms with Crippen LogP contribution in [0.15, 0.2) is 0 Å². The van der Waals surface area contributed by atoms with E-state index >= 15 is 0 Å². The van der Waals surface area contributed by atoms with Crippen LogP contribution in [0.4, 0.5) is 4.79 Å². The van der Waals surface area contributed by atoms with Crippen LogP contribution in [-0.2, 0) is 4.74 Å². The molecule has 0 unspecified atom stereocenters. The second kappa shape index (κ2) is 4.17. The van der Waals surface area contributed by atoms with E-state index in [1.165, 1.54) is 0 Å². The highest BCUT2D eigenvalue weighted by Gasteiger charge is 2.30. The Hall–Kier alpha value is -0.770. The van der Waals surface area contributed by atoms with Gasteiger partial charge >= 0.3 is 6.09 Å². The minimum absolute atomic E-state index is 0.262. The zero-order valence-corrected chi connectivity index (χ0v) is 9.17. The summed E-state index contributed by atoms with van der Waals surface area (Å²) in [5.74, 6) is 0.579. The largest absolute Gasteiger partial charge is 0.444 e. The van der Waals surface area contributed by atoms with Gasteiger partial charge in [-0.15, -0.1) is 0 Å². The second-order valence-corrected chi connectivity index (χ2v) is 4.92. The van der Waals surface area contributed by atoms with Crippen molar-refractivity contribution in [3.05, 3.63) is 0 Å². The van der Waals surface area contributed by atoms with E-state index < -0.39 is 5.60 Å². The fraction of sp³-hybridized carbons (Fsp3) is 0.900. The number of rotatable bonds is 2. The van der Waals surface area contributed by atoms with Crippen molar-refractivity contribution >= 4 is 6.09 Å². The van der Waals surface area contributed by atoms with Crippen molar-refractivity contribution in [2.45, 2.75) is 45.3 Å². The van der Waals surface area contributed by atoms with Gasteiger partial charge in [-0.1, -0.05) is 0 Å². The third-order valence-corrected chi connectivity index (χ3v) is 2.29. The number of carbonyl (C=O) groups is 1. The molecule has 0 saturated heterocycles. The molecule has 0 spiro atoms. The molecule has 1 aliphatic rings. The minimum Gasteiger partial charge on any atom is -0.444 e. The molecule has 0 heterocycles. The van der Waals surface area contributed by atoms with Crippen molar-refractivity contribution < 1.29 is 9.53 Å². The van der Waals surface area contributed by atoms with Crippen molar-refractivity contribution in [1.29, 1.82) is 0 Å². The van der Waals surface area contributed by atoms with Crippen molar-refractivity contribution in [2.75, 3.05) is 6.54 Å². The van der Waals surface area contributed by atoms with E-state index in [1.807, 2.05) is 20.8 Å². The summed E-state index contributed by atoms with van der Waals surface area (Å²) >= 11 is 0. The van der Waals surface area contributed by atoms with Crippen molar-refractivity contribution in [3.63, 3.8) is 0 Å². The maximum absolute atomic E-state index is 11.3. The Morgan fingerprint density at radius 1 is 1.50 bits per heavy atom. The number of hydrogen-bond acceptors (Lipinski definition) is 3. The lowest BCUT2D eigenvalue weighted by Crippen LogP contribution is -2.47. The summed E-state index contributed by atoms with van der Waals surface area (Å²) in [5, 5.41) is 2.82. The third kappa shape index (κ3) is 3.54. The van der Waals surface area contributed by atoms with Crippen LogP contribution in [0.3, 0.4) is 0 Å². The zero-order chi connectivity index (χ0) is 10.8. The van der Waals surface area contributed by atoms with Crippen molar-refractivity contribution in [2.24, 2.45) is 11.7 Å². The SMILES string of the molecule is CC(C)(C)OC(=O)N[C@H]1C[C@H](CN)C1. The molecule has 82 valence electrons. The van der Waals surface area contributed by atoms with E-state index in [2.05, 4.69) is 5.32 Å². The highest BCUT2D eigenvalue weighted by atomic mass is 16.6. The number of hydrogen-bond donors (Lipinski definition) is 2. The molecule has 0 aromatic heterocycles. The van der Waals surface area contributed by atoms with Crippen LogP contribution in [0.25, 0.3) is 0 Å². The summed E-state index contributed by atoms with van der Waals surface area (Å²) in [6.07, 6.45) is 1.64. The molecule has 1 fully saturated rings. The number of nitrogens with two attached hydrogens (primary N) is 1. The number of nitrogens with one attached hydrogen (secondary N) is 1. The van der Waals surface area contributed by atoms with E-state index in [9.17, 15) is 4.79 Å². The molecule has 4 nitrogen and oxygen atoms in total. The maximum atomic E-state index is 11.3. The number of amides is 1. The fourth-order valence-corrected chi connectivity index (χ4v) is 1.52. The fourth-order valence-electron chi connectivity index (χ4n) is 1.52. The Kier molecular flexibility index (Phi) is 3.37. The Balaban J connectivity index is 2.17. The molecular weight excluding hydrogens is 180 g/mol. The molecule has 0 atom stereocenters. The molecule has 1 rings (SSSR count). The lowest BCUT2D eigenvalue weighted by molar-refractivity contribution is 0.0455. The molecule has 0 aromatic rings. The minimum atomic E-state index is -0.416. The van der Waals surface area contributed by atoms with Gasteiger partial charge in [0.25, 0.3) is 0 Å². The molecule has 3 N–H and O–H groups in total. The van der Waals surface area contributed by atoms with E-state index in [1.54, 1.807) is 0 Å². The topological polar surface area (TPSA) is 64.3 Å². The zero-order valence-electron chi connectivity index (χ0n) is 9.17. The predicted octanol–water partition coefficient (Wildman–Crippen LogP) is 1.25. The van der Waals surface area contributed by atoms with Gasteiger partial charge in [0.1, 0.15) is 5.60 Å². The van der Waals surface area contributed by atoms with Gasteiger partial charge in [0.15, 0.2) is 0 Å². The van der Waals surface area contributed by atoms with Gasteiger partial charge in [-0.25, -0.2) is 4.79 Å². The molecule has 14 heavy (non-hydrogen) atoms. The quantitative estimate of drug-likeness (QED) is 0.705. The lowest BCUT2D eigenvalue weighted by Gasteiger charge is -2.35. The van der Waals surface area contributed by atoms with Crippen molar-refractivity contribution in [3.8, 4) is 0 Å².